The van der Waals surface area contributed by atoms with Gasteiger partial charge >= 0.3 is 0 Å². The van der Waals surface area contributed by atoms with Gasteiger partial charge in [0.2, 0.25) is 11.8 Å². The van der Waals surface area contributed by atoms with Crippen LogP contribution in [-0.2, 0) is 22.6 Å². The molecule has 1 aromatic heterocycles. The number of nitrogens with zero attached hydrogens (tertiary/aromatic N) is 3. The van der Waals surface area contributed by atoms with E-state index in [9.17, 15) is 9.59 Å². The molecule has 1 unspecified atom stereocenters. The maximum absolute atomic E-state index is 13.1. The van der Waals surface area contributed by atoms with E-state index in [1.165, 1.54) is 6.42 Å². The van der Waals surface area contributed by atoms with Crippen molar-refractivity contribution >= 4 is 29.1 Å². The third kappa shape index (κ3) is 3.09. The van der Waals surface area contributed by atoms with Crippen molar-refractivity contribution < 1.29 is 14.0 Å². The second kappa shape index (κ2) is 6.92. The molecule has 28 heavy (non-hydrogen) atoms. The molecule has 0 spiro atoms. The Morgan fingerprint density at radius 1 is 1.29 bits per heavy atom. The molecule has 1 aliphatic carbocycles. The lowest BCUT2D eigenvalue weighted by Gasteiger charge is -2.27. The third-order valence-electron chi connectivity index (χ3n) is 6.10. The lowest BCUT2D eigenvalue weighted by molar-refractivity contribution is -0.136. The zero-order valence-electron chi connectivity index (χ0n) is 15.6. The fraction of sp³-hybridized carbons (Fsp3) is 0.476. The van der Waals surface area contributed by atoms with Crippen molar-refractivity contribution in [2.24, 2.45) is 5.92 Å². The molecule has 1 saturated heterocycles. The summed E-state index contributed by atoms with van der Waals surface area (Å²) in [6, 6.07) is 7.20. The summed E-state index contributed by atoms with van der Waals surface area (Å²) in [5.74, 6) is 1.88. The Hall–Kier alpha value is -2.34. The Bertz CT molecular complexity index is 937. The Balaban J connectivity index is 1.28. The first-order valence-corrected chi connectivity index (χ1v) is 10.3. The van der Waals surface area contributed by atoms with E-state index in [2.05, 4.69) is 4.98 Å². The van der Waals surface area contributed by atoms with Crippen LogP contribution in [0.3, 0.4) is 0 Å². The van der Waals surface area contributed by atoms with Gasteiger partial charge in [0.1, 0.15) is 11.5 Å². The van der Waals surface area contributed by atoms with Crippen LogP contribution in [0.25, 0.3) is 0 Å². The molecule has 0 radical (unpaired) electrons. The van der Waals surface area contributed by atoms with E-state index in [4.69, 9.17) is 16.0 Å². The molecule has 2 amide bonds. The predicted molar refractivity (Wildman–Crippen MR) is 104 cm³/mol. The number of carbonyl (C=O) groups is 2. The molecule has 6 nitrogen and oxygen atoms in total. The molecule has 1 aromatic carbocycles. The van der Waals surface area contributed by atoms with Gasteiger partial charge in [0.15, 0.2) is 5.89 Å². The first-order valence-electron chi connectivity index (χ1n) is 9.91. The van der Waals surface area contributed by atoms with Crippen LogP contribution >= 0.6 is 11.6 Å². The third-order valence-corrected chi connectivity index (χ3v) is 6.34. The predicted octanol–water partition coefficient (Wildman–Crippen LogP) is 3.53. The van der Waals surface area contributed by atoms with Gasteiger partial charge in [0, 0.05) is 42.6 Å². The Labute approximate surface area is 168 Å². The number of hydrogen-bond donors (Lipinski definition) is 0. The van der Waals surface area contributed by atoms with Crippen LogP contribution in [0.15, 0.2) is 28.7 Å². The highest BCUT2D eigenvalue weighted by molar-refractivity contribution is 6.31. The highest BCUT2D eigenvalue weighted by Gasteiger charge is 2.39. The molecular weight excluding hydrogens is 378 g/mol. The summed E-state index contributed by atoms with van der Waals surface area (Å²) in [5, 5.41) is 0.580. The zero-order valence-corrected chi connectivity index (χ0v) is 16.3. The summed E-state index contributed by atoms with van der Waals surface area (Å²) in [6.45, 7) is 1.49. The van der Waals surface area contributed by atoms with Crippen LogP contribution in [0, 0.1) is 5.92 Å². The van der Waals surface area contributed by atoms with E-state index >= 15 is 0 Å². The SMILES string of the molecule is O=C(C1CC(=O)N(c2cccc(Cl)c2)C1)N1CCc2oc(C3CCC3)nc2C1. The number of aromatic nitrogens is 1. The van der Waals surface area contributed by atoms with Crippen molar-refractivity contribution in [3.8, 4) is 0 Å². The lowest BCUT2D eigenvalue weighted by Crippen LogP contribution is -2.40. The molecule has 2 aliphatic heterocycles. The van der Waals surface area contributed by atoms with Crippen molar-refractivity contribution in [1.29, 1.82) is 0 Å². The fourth-order valence-corrected chi connectivity index (χ4v) is 4.45. The number of rotatable bonds is 3. The van der Waals surface area contributed by atoms with Crippen molar-refractivity contribution in [3.05, 3.63) is 46.6 Å². The van der Waals surface area contributed by atoms with Crippen LogP contribution in [0.1, 0.15) is 48.9 Å². The van der Waals surface area contributed by atoms with Crippen molar-refractivity contribution in [3.63, 3.8) is 0 Å². The lowest BCUT2D eigenvalue weighted by atomic mass is 9.85. The van der Waals surface area contributed by atoms with Crippen LogP contribution in [0.2, 0.25) is 5.02 Å². The van der Waals surface area contributed by atoms with Gasteiger partial charge in [0.05, 0.1) is 12.5 Å². The zero-order chi connectivity index (χ0) is 19.3. The average molecular weight is 400 g/mol. The molecular formula is C21H22ClN3O3. The number of hydrogen-bond acceptors (Lipinski definition) is 4. The van der Waals surface area contributed by atoms with Crippen molar-refractivity contribution in [2.45, 2.75) is 44.6 Å². The fourth-order valence-electron chi connectivity index (χ4n) is 4.26. The number of anilines is 1. The largest absolute Gasteiger partial charge is 0.445 e. The maximum Gasteiger partial charge on any atom is 0.228 e. The van der Waals surface area contributed by atoms with Crippen LogP contribution in [-0.4, -0.2) is 34.8 Å². The number of carbonyl (C=O) groups excluding carboxylic acids is 2. The molecule has 1 atom stereocenters. The summed E-state index contributed by atoms with van der Waals surface area (Å²) in [7, 11) is 0. The molecule has 1 saturated carbocycles. The van der Waals surface area contributed by atoms with E-state index in [1.807, 2.05) is 17.0 Å². The van der Waals surface area contributed by atoms with Gasteiger partial charge in [-0.1, -0.05) is 24.1 Å². The Kier molecular flexibility index (Phi) is 4.38. The summed E-state index contributed by atoms with van der Waals surface area (Å²) >= 11 is 6.05. The van der Waals surface area contributed by atoms with Gasteiger partial charge in [-0.25, -0.2) is 4.98 Å². The highest BCUT2D eigenvalue weighted by Crippen LogP contribution is 2.37. The minimum absolute atomic E-state index is 0.0247. The van der Waals surface area contributed by atoms with Crippen molar-refractivity contribution in [1.82, 2.24) is 9.88 Å². The second-order valence-corrected chi connectivity index (χ2v) is 8.38. The van der Waals surface area contributed by atoms with E-state index in [-0.39, 0.29) is 24.2 Å². The van der Waals surface area contributed by atoms with Crippen LogP contribution in [0.4, 0.5) is 5.69 Å². The highest BCUT2D eigenvalue weighted by atomic mass is 35.5. The van der Waals surface area contributed by atoms with Crippen LogP contribution in [0.5, 0.6) is 0 Å². The van der Waals surface area contributed by atoms with Gasteiger partial charge in [-0.05, 0) is 31.0 Å². The number of benzene rings is 1. The first kappa shape index (κ1) is 17.7. The van der Waals surface area contributed by atoms with Gasteiger partial charge < -0.3 is 14.2 Å². The molecule has 5 rings (SSSR count). The molecule has 3 aliphatic rings. The quantitative estimate of drug-likeness (QED) is 0.791. The smallest absolute Gasteiger partial charge is 0.228 e. The monoisotopic (exact) mass is 399 g/mol. The Morgan fingerprint density at radius 2 is 2.14 bits per heavy atom. The number of halogens is 1. The molecule has 2 fully saturated rings. The van der Waals surface area contributed by atoms with Gasteiger partial charge in [-0.2, -0.15) is 0 Å². The molecule has 0 bridgehead atoms. The van der Waals surface area contributed by atoms with E-state index < -0.39 is 0 Å². The van der Waals surface area contributed by atoms with Gasteiger partial charge in [-0.15, -0.1) is 0 Å². The summed E-state index contributed by atoms with van der Waals surface area (Å²) in [4.78, 5) is 33.7. The summed E-state index contributed by atoms with van der Waals surface area (Å²) < 4.78 is 5.94. The average Bonchev–Trinajstić information content (AvgIpc) is 3.22. The minimum Gasteiger partial charge on any atom is -0.445 e. The molecule has 7 heteroatoms. The molecule has 3 heterocycles. The van der Waals surface area contributed by atoms with Gasteiger partial charge in [0.25, 0.3) is 0 Å². The number of oxazole rings is 1. The molecule has 0 N–H and O–H groups in total. The summed E-state index contributed by atoms with van der Waals surface area (Å²) in [5.41, 5.74) is 1.63. The second-order valence-electron chi connectivity index (χ2n) is 7.94. The Morgan fingerprint density at radius 3 is 2.89 bits per heavy atom. The van der Waals surface area contributed by atoms with E-state index in [0.29, 0.717) is 37.0 Å². The van der Waals surface area contributed by atoms with E-state index in [1.54, 1.807) is 17.0 Å². The van der Waals surface area contributed by atoms with Gasteiger partial charge in [-0.3, -0.25) is 9.59 Å². The summed E-state index contributed by atoms with van der Waals surface area (Å²) in [6.07, 6.45) is 4.46. The molecule has 2 aromatic rings. The van der Waals surface area contributed by atoms with E-state index in [0.717, 1.165) is 35.9 Å². The number of amides is 2. The standard InChI is InChI=1S/C21H22ClN3O3/c22-15-5-2-6-16(10-15)25-11-14(9-19(25)26)21(27)24-8-7-18-17(12-24)23-20(28-18)13-3-1-4-13/h2,5-6,10,13-14H,1,3-4,7-9,11-12H2. The van der Waals surface area contributed by atoms with Crippen molar-refractivity contribution in [2.75, 3.05) is 18.0 Å². The molecule has 146 valence electrons. The first-order chi connectivity index (χ1) is 13.6. The maximum atomic E-state index is 13.1. The number of fused-ring (bicyclic) bond motifs is 1. The minimum atomic E-state index is -0.328. The topological polar surface area (TPSA) is 66.7 Å². The normalized spacial score (nSPS) is 22.3. The van der Waals surface area contributed by atoms with Crippen LogP contribution < -0.4 is 4.90 Å².